The maximum absolute atomic E-state index is 12.8. The Morgan fingerprint density at radius 2 is 1.86 bits per heavy atom. The lowest BCUT2D eigenvalue weighted by Gasteiger charge is -2.26. The number of hydrogen-bond acceptors (Lipinski definition) is 5. The second kappa shape index (κ2) is 9.04. The van der Waals surface area contributed by atoms with E-state index < -0.39 is 16.1 Å². The molecule has 0 saturated carbocycles. The van der Waals surface area contributed by atoms with Gasteiger partial charge in [-0.05, 0) is 49.4 Å². The molecule has 1 heterocycles. The number of nitrogens with zero attached hydrogens (tertiary/aromatic N) is 1. The fourth-order valence-electron chi connectivity index (χ4n) is 2.69. The third-order valence-corrected chi connectivity index (χ3v) is 6.63. The highest BCUT2D eigenvalue weighted by Gasteiger charge is 2.26. The maximum atomic E-state index is 12.8. The molecule has 28 heavy (non-hydrogen) atoms. The number of ether oxygens (including phenoxy) is 2. The molecule has 1 aliphatic heterocycles. The third kappa shape index (κ3) is 5.11. The number of morpholine rings is 1. The number of carbonyl (C=O) groups is 1. The number of halogens is 1. The molecule has 1 unspecified atom stereocenters. The highest BCUT2D eigenvalue weighted by atomic mass is 79.9. The summed E-state index contributed by atoms with van der Waals surface area (Å²) in [4.78, 5) is 12.6. The van der Waals surface area contributed by atoms with Crippen LogP contribution in [0.2, 0.25) is 0 Å². The van der Waals surface area contributed by atoms with Crippen LogP contribution < -0.4 is 10.1 Å². The Bertz CT molecular complexity index is 928. The van der Waals surface area contributed by atoms with E-state index in [1.807, 2.05) is 12.1 Å². The molecule has 0 radical (unpaired) electrons. The number of rotatable bonds is 6. The van der Waals surface area contributed by atoms with E-state index in [-0.39, 0.29) is 10.8 Å². The largest absolute Gasteiger partial charge is 0.481 e. The molecule has 0 aliphatic carbocycles. The zero-order chi connectivity index (χ0) is 20.1. The van der Waals surface area contributed by atoms with Gasteiger partial charge in [0.05, 0.1) is 18.1 Å². The van der Waals surface area contributed by atoms with Crippen LogP contribution in [0.15, 0.2) is 57.9 Å². The summed E-state index contributed by atoms with van der Waals surface area (Å²) < 4.78 is 38.6. The normalized spacial score (nSPS) is 16.4. The van der Waals surface area contributed by atoms with Gasteiger partial charge in [-0.2, -0.15) is 4.31 Å². The number of amides is 1. The van der Waals surface area contributed by atoms with Gasteiger partial charge in [0.15, 0.2) is 6.10 Å². The van der Waals surface area contributed by atoms with E-state index in [4.69, 9.17) is 9.47 Å². The van der Waals surface area contributed by atoms with Gasteiger partial charge < -0.3 is 14.8 Å². The number of anilines is 1. The van der Waals surface area contributed by atoms with Crippen LogP contribution in [0, 0.1) is 0 Å². The first kappa shape index (κ1) is 20.8. The van der Waals surface area contributed by atoms with Crippen LogP contribution in [0.25, 0.3) is 0 Å². The summed E-state index contributed by atoms with van der Waals surface area (Å²) in [6.07, 6.45) is -0.749. The molecule has 2 aromatic carbocycles. The number of nitrogens with one attached hydrogen (secondary N) is 1. The molecule has 1 atom stereocenters. The van der Waals surface area contributed by atoms with Crippen molar-refractivity contribution in [1.82, 2.24) is 4.31 Å². The van der Waals surface area contributed by atoms with Gasteiger partial charge in [0.1, 0.15) is 5.75 Å². The van der Waals surface area contributed by atoms with Crippen LogP contribution in [0.4, 0.5) is 5.69 Å². The molecule has 0 aromatic heterocycles. The van der Waals surface area contributed by atoms with E-state index in [0.29, 0.717) is 37.7 Å². The molecular weight excluding hydrogens is 448 g/mol. The monoisotopic (exact) mass is 468 g/mol. The van der Waals surface area contributed by atoms with Gasteiger partial charge in [-0.3, -0.25) is 4.79 Å². The maximum Gasteiger partial charge on any atom is 0.265 e. The van der Waals surface area contributed by atoms with Crippen molar-refractivity contribution in [2.24, 2.45) is 0 Å². The van der Waals surface area contributed by atoms with E-state index in [9.17, 15) is 13.2 Å². The first-order valence-electron chi connectivity index (χ1n) is 8.77. The number of benzene rings is 2. The quantitative estimate of drug-likeness (QED) is 0.704. The molecule has 1 N–H and O–H groups in total. The molecule has 3 rings (SSSR count). The van der Waals surface area contributed by atoms with Crippen LogP contribution in [0.3, 0.4) is 0 Å². The minimum atomic E-state index is -3.63. The summed E-state index contributed by atoms with van der Waals surface area (Å²) in [6, 6.07) is 13.4. The van der Waals surface area contributed by atoms with Crippen molar-refractivity contribution in [2.75, 3.05) is 31.6 Å². The second-order valence-electron chi connectivity index (χ2n) is 6.25. The minimum absolute atomic E-state index is 0.133. The van der Waals surface area contributed by atoms with Gasteiger partial charge >= 0.3 is 0 Å². The van der Waals surface area contributed by atoms with Gasteiger partial charge in [-0.1, -0.05) is 22.0 Å². The van der Waals surface area contributed by atoms with Crippen molar-refractivity contribution in [2.45, 2.75) is 17.9 Å². The molecule has 1 aliphatic rings. The number of sulfonamides is 1. The molecule has 1 amide bonds. The van der Waals surface area contributed by atoms with Crippen molar-refractivity contribution in [3.63, 3.8) is 0 Å². The lowest BCUT2D eigenvalue weighted by molar-refractivity contribution is -0.122. The van der Waals surface area contributed by atoms with Crippen LogP contribution in [0.5, 0.6) is 5.75 Å². The Balaban J connectivity index is 1.68. The fourth-order valence-corrected chi connectivity index (χ4v) is 4.40. The van der Waals surface area contributed by atoms with E-state index >= 15 is 0 Å². The zero-order valence-electron chi connectivity index (χ0n) is 15.3. The third-order valence-electron chi connectivity index (χ3n) is 4.21. The van der Waals surface area contributed by atoms with Crippen molar-refractivity contribution < 1.29 is 22.7 Å². The molecular formula is C19H21BrN2O5S. The Morgan fingerprint density at radius 1 is 1.18 bits per heavy atom. The first-order valence-corrected chi connectivity index (χ1v) is 11.0. The van der Waals surface area contributed by atoms with Crippen molar-refractivity contribution >= 4 is 37.5 Å². The molecule has 0 bridgehead atoms. The molecule has 1 fully saturated rings. The van der Waals surface area contributed by atoms with Gasteiger partial charge in [-0.25, -0.2) is 8.42 Å². The lowest BCUT2D eigenvalue weighted by Crippen LogP contribution is -2.40. The minimum Gasteiger partial charge on any atom is -0.481 e. The smallest absolute Gasteiger partial charge is 0.265 e. The molecule has 150 valence electrons. The standard InChI is InChI=1S/C19H21BrN2O5S/c1-14(27-17-7-5-15(20)6-8-17)19(23)21-16-3-2-4-18(13-16)28(24,25)22-9-11-26-12-10-22/h2-8,13-14H,9-12H2,1H3,(H,21,23). The molecule has 7 nitrogen and oxygen atoms in total. The summed E-state index contributed by atoms with van der Waals surface area (Å²) in [5.41, 5.74) is 0.394. The van der Waals surface area contributed by atoms with Crippen molar-refractivity contribution in [1.29, 1.82) is 0 Å². The molecule has 1 saturated heterocycles. The summed E-state index contributed by atoms with van der Waals surface area (Å²) in [7, 11) is -3.63. The predicted octanol–water partition coefficient (Wildman–Crippen LogP) is 2.88. The first-order chi connectivity index (χ1) is 13.4. The van der Waals surface area contributed by atoms with Crippen molar-refractivity contribution in [3.8, 4) is 5.75 Å². The summed E-state index contributed by atoms with van der Waals surface area (Å²) in [5.74, 6) is 0.193. The molecule has 0 spiro atoms. The fraction of sp³-hybridized carbons (Fsp3) is 0.316. The van der Waals surface area contributed by atoms with Gasteiger partial charge in [0, 0.05) is 23.2 Å². The summed E-state index contributed by atoms with van der Waals surface area (Å²) >= 11 is 3.34. The van der Waals surface area contributed by atoms with E-state index in [1.54, 1.807) is 31.2 Å². The highest BCUT2D eigenvalue weighted by Crippen LogP contribution is 2.21. The van der Waals surface area contributed by atoms with Gasteiger partial charge in [0.2, 0.25) is 10.0 Å². The Morgan fingerprint density at radius 3 is 2.54 bits per heavy atom. The molecule has 2 aromatic rings. The number of hydrogen-bond donors (Lipinski definition) is 1. The Labute approximate surface area is 172 Å². The topological polar surface area (TPSA) is 84.9 Å². The van der Waals surface area contributed by atoms with Crippen molar-refractivity contribution in [3.05, 3.63) is 53.0 Å². The summed E-state index contributed by atoms with van der Waals surface area (Å²) in [6.45, 7) is 3.01. The van der Waals surface area contributed by atoms with Gasteiger partial charge in [0.25, 0.3) is 5.91 Å². The van der Waals surface area contributed by atoms with Crippen LogP contribution in [0.1, 0.15) is 6.92 Å². The predicted molar refractivity (Wildman–Crippen MR) is 109 cm³/mol. The van der Waals surface area contributed by atoms with Crippen LogP contribution >= 0.6 is 15.9 Å². The zero-order valence-corrected chi connectivity index (χ0v) is 17.7. The molecule has 9 heteroatoms. The highest BCUT2D eigenvalue weighted by molar-refractivity contribution is 9.10. The number of carbonyl (C=O) groups excluding carboxylic acids is 1. The summed E-state index contributed by atoms with van der Waals surface area (Å²) in [5, 5.41) is 2.71. The lowest BCUT2D eigenvalue weighted by atomic mass is 10.3. The van der Waals surface area contributed by atoms with E-state index in [0.717, 1.165) is 4.47 Å². The van der Waals surface area contributed by atoms with E-state index in [1.165, 1.54) is 16.4 Å². The Kier molecular flexibility index (Phi) is 6.71. The van der Waals surface area contributed by atoms with E-state index in [2.05, 4.69) is 21.2 Å². The second-order valence-corrected chi connectivity index (χ2v) is 9.10. The SMILES string of the molecule is CC(Oc1ccc(Br)cc1)C(=O)Nc1cccc(S(=O)(=O)N2CCOCC2)c1. The Hall–Kier alpha value is -1.94. The average Bonchev–Trinajstić information content (AvgIpc) is 2.70. The van der Waals surface area contributed by atoms with Crippen LogP contribution in [-0.4, -0.2) is 51.0 Å². The van der Waals surface area contributed by atoms with Crippen LogP contribution in [-0.2, 0) is 19.6 Å². The average molecular weight is 469 g/mol. The van der Waals surface area contributed by atoms with Gasteiger partial charge in [-0.15, -0.1) is 0 Å².